The van der Waals surface area contributed by atoms with Crippen molar-refractivity contribution in [3.63, 3.8) is 0 Å². The van der Waals surface area contributed by atoms with Crippen molar-refractivity contribution in [1.29, 1.82) is 0 Å². The molecule has 0 atom stereocenters. The number of rotatable bonds is 2. The van der Waals surface area contributed by atoms with Gasteiger partial charge in [-0.05, 0) is 39.8 Å². The fraction of sp³-hybridized carbons (Fsp3) is 0.438. The first-order chi connectivity index (χ1) is 8.06. The van der Waals surface area contributed by atoms with Crippen molar-refractivity contribution in [3.8, 4) is 0 Å². The van der Waals surface area contributed by atoms with Crippen LogP contribution >= 0.6 is 0 Å². The highest BCUT2D eigenvalue weighted by Gasteiger charge is 2.22. The second-order valence-corrected chi connectivity index (χ2v) is 7.86. The van der Waals surface area contributed by atoms with E-state index < -0.39 is 8.41 Å². The molecule has 0 unspecified atom stereocenters. The average molecular weight is 242 g/mol. The lowest BCUT2D eigenvalue weighted by atomic mass is 9.93. The molecule has 0 fully saturated rings. The maximum Gasteiger partial charge on any atom is 0.0140 e. The number of benzene rings is 1. The van der Waals surface area contributed by atoms with Crippen LogP contribution in [0.5, 0.6) is 0 Å². The van der Waals surface area contributed by atoms with E-state index in [9.17, 15) is 0 Å². The summed E-state index contributed by atoms with van der Waals surface area (Å²) in [6, 6.07) is 6.79. The molecule has 0 nitrogen and oxygen atoms in total. The molecule has 0 aromatic heterocycles. The van der Waals surface area contributed by atoms with Gasteiger partial charge in [0.05, 0.1) is 0 Å². The van der Waals surface area contributed by atoms with E-state index in [1.807, 2.05) is 0 Å². The number of hydrogen-bond acceptors (Lipinski definition) is 0. The van der Waals surface area contributed by atoms with Gasteiger partial charge in [0.15, 0.2) is 0 Å². The van der Waals surface area contributed by atoms with Crippen LogP contribution in [0.15, 0.2) is 23.8 Å². The lowest BCUT2D eigenvalue weighted by molar-refractivity contribution is 0.864. The van der Waals surface area contributed by atoms with E-state index in [1.54, 1.807) is 16.3 Å². The molecule has 0 N–H and O–H groups in total. The molecule has 1 aromatic rings. The Morgan fingerprint density at radius 2 is 1.88 bits per heavy atom. The molecule has 17 heavy (non-hydrogen) atoms. The van der Waals surface area contributed by atoms with Gasteiger partial charge in [0.2, 0.25) is 0 Å². The van der Waals surface area contributed by atoms with Gasteiger partial charge in [0, 0.05) is 8.41 Å². The first-order valence-corrected chi connectivity index (χ1v) is 9.08. The maximum atomic E-state index is 2.41. The van der Waals surface area contributed by atoms with Crippen LogP contribution in [-0.2, 0) is 0 Å². The van der Waals surface area contributed by atoms with E-state index in [1.165, 1.54) is 11.1 Å². The SMILES string of the molecule is CCC1=Cc2cccc(C(C)C)c2C1=[Si](C)C. The van der Waals surface area contributed by atoms with E-state index in [4.69, 9.17) is 0 Å². The van der Waals surface area contributed by atoms with Gasteiger partial charge in [-0.3, -0.25) is 0 Å². The second kappa shape index (κ2) is 4.73. The molecule has 1 heteroatoms. The lowest BCUT2D eigenvalue weighted by Crippen LogP contribution is -2.14. The molecule has 1 aliphatic rings. The molecule has 0 amide bonds. The van der Waals surface area contributed by atoms with Crippen molar-refractivity contribution >= 4 is 19.7 Å². The summed E-state index contributed by atoms with van der Waals surface area (Å²) in [5, 5.41) is 1.68. The summed E-state index contributed by atoms with van der Waals surface area (Å²) in [6.07, 6.45) is 3.58. The number of fused-ring (bicyclic) bond motifs is 1. The minimum Gasteiger partial charge on any atom is -0.0613 e. The summed E-state index contributed by atoms with van der Waals surface area (Å²) in [6.45, 7) is 11.7. The van der Waals surface area contributed by atoms with Crippen molar-refractivity contribution in [3.05, 3.63) is 40.5 Å². The third-order valence-corrected chi connectivity index (χ3v) is 5.10. The van der Waals surface area contributed by atoms with Gasteiger partial charge in [-0.15, -0.1) is 0 Å². The molecule has 0 spiro atoms. The predicted molar refractivity (Wildman–Crippen MR) is 80.4 cm³/mol. The Morgan fingerprint density at radius 3 is 2.41 bits per heavy atom. The van der Waals surface area contributed by atoms with Gasteiger partial charge in [-0.1, -0.05) is 58.1 Å². The van der Waals surface area contributed by atoms with Crippen molar-refractivity contribution in [2.45, 2.75) is 46.2 Å². The van der Waals surface area contributed by atoms with Crippen molar-refractivity contribution in [2.75, 3.05) is 0 Å². The molecule has 1 aromatic carbocycles. The van der Waals surface area contributed by atoms with Gasteiger partial charge in [0.1, 0.15) is 0 Å². The largest absolute Gasteiger partial charge is 0.0613 e. The Hall–Kier alpha value is -0.953. The Bertz CT molecular complexity index is 500. The van der Waals surface area contributed by atoms with Crippen LogP contribution in [0.1, 0.15) is 49.8 Å². The lowest BCUT2D eigenvalue weighted by Gasteiger charge is -2.16. The minimum absolute atomic E-state index is 0.391. The van der Waals surface area contributed by atoms with Gasteiger partial charge in [0.25, 0.3) is 0 Å². The summed E-state index contributed by atoms with van der Waals surface area (Å²) < 4.78 is 0. The topological polar surface area (TPSA) is 0 Å². The van der Waals surface area contributed by atoms with Crippen LogP contribution in [0, 0.1) is 0 Å². The van der Waals surface area contributed by atoms with Crippen molar-refractivity contribution < 1.29 is 0 Å². The Morgan fingerprint density at radius 1 is 1.18 bits per heavy atom. The predicted octanol–water partition coefficient (Wildman–Crippen LogP) is 4.47. The highest BCUT2D eigenvalue weighted by atomic mass is 28.2. The monoisotopic (exact) mass is 242 g/mol. The zero-order chi connectivity index (χ0) is 12.6. The number of allylic oxidation sites excluding steroid dienone is 1. The molecular formula is C16H22Si. The summed E-state index contributed by atoms with van der Waals surface area (Å²) in [7, 11) is -0.391. The van der Waals surface area contributed by atoms with Crippen LogP contribution in [-0.4, -0.2) is 13.6 Å². The molecule has 0 aliphatic heterocycles. The second-order valence-electron chi connectivity index (χ2n) is 5.36. The highest BCUT2D eigenvalue weighted by molar-refractivity contribution is 6.75. The van der Waals surface area contributed by atoms with E-state index in [0.717, 1.165) is 6.42 Å². The molecule has 1 aliphatic carbocycles. The number of hydrogen-bond donors (Lipinski definition) is 0. The third kappa shape index (κ3) is 2.09. The van der Waals surface area contributed by atoms with Gasteiger partial charge < -0.3 is 0 Å². The smallest absolute Gasteiger partial charge is 0.0140 e. The molecular weight excluding hydrogens is 220 g/mol. The average Bonchev–Trinajstić information content (AvgIpc) is 2.66. The molecule has 0 bridgehead atoms. The molecule has 0 heterocycles. The standard InChI is InChI=1S/C16H22Si/c1-6-12-10-13-8-7-9-14(11(2)3)15(13)16(12)17(4)5/h7-11H,6H2,1-5H3. The fourth-order valence-corrected chi connectivity index (χ4v) is 4.43. The van der Waals surface area contributed by atoms with Crippen molar-refractivity contribution in [1.82, 2.24) is 0 Å². The van der Waals surface area contributed by atoms with Crippen LogP contribution in [0.25, 0.3) is 6.08 Å². The zero-order valence-corrected chi connectivity index (χ0v) is 12.6. The van der Waals surface area contributed by atoms with Crippen LogP contribution in [0.2, 0.25) is 13.1 Å². The summed E-state index contributed by atoms with van der Waals surface area (Å²) in [5.74, 6) is 0.617. The molecule has 0 radical (unpaired) electrons. The zero-order valence-electron chi connectivity index (χ0n) is 11.6. The van der Waals surface area contributed by atoms with Crippen LogP contribution < -0.4 is 0 Å². The van der Waals surface area contributed by atoms with E-state index >= 15 is 0 Å². The van der Waals surface area contributed by atoms with E-state index in [2.05, 4.69) is 58.1 Å². The Kier molecular flexibility index (Phi) is 3.48. The first kappa shape index (κ1) is 12.5. The Labute approximate surface area is 107 Å². The highest BCUT2D eigenvalue weighted by Crippen LogP contribution is 2.33. The van der Waals surface area contributed by atoms with Gasteiger partial charge in [-0.25, -0.2) is 0 Å². The van der Waals surface area contributed by atoms with Gasteiger partial charge >= 0.3 is 0 Å². The summed E-state index contributed by atoms with van der Waals surface area (Å²) in [4.78, 5) is 0. The van der Waals surface area contributed by atoms with Gasteiger partial charge in [-0.2, -0.15) is 0 Å². The van der Waals surface area contributed by atoms with Crippen LogP contribution in [0.4, 0.5) is 0 Å². The van der Waals surface area contributed by atoms with Crippen molar-refractivity contribution in [2.24, 2.45) is 0 Å². The Balaban J connectivity index is 2.70. The maximum absolute atomic E-state index is 2.41. The summed E-state index contributed by atoms with van der Waals surface area (Å²) in [5.41, 5.74) is 6.13. The quantitative estimate of drug-likeness (QED) is 0.671. The van der Waals surface area contributed by atoms with Crippen LogP contribution in [0.3, 0.4) is 0 Å². The molecule has 0 saturated carbocycles. The normalized spacial score (nSPS) is 14.0. The van der Waals surface area contributed by atoms with E-state index in [0.29, 0.717) is 5.92 Å². The third-order valence-electron chi connectivity index (χ3n) is 3.53. The van der Waals surface area contributed by atoms with E-state index in [-0.39, 0.29) is 0 Å². The first-order valence-electron chi connectivity index (χ1n) is 6.58. The minimum atomic E-state index is -0.391. The molecule has 2 rings (SSSR count). The summed E-state index contributed by atoms with van der Waals surface area (Å²) >= 11 is 0. The molecule has 90 valence electrons. The fourth-order valence-electron chi connectivity index (χ4n) is 2.75. The molecule has 0 saturated heterocycles.